The molecule has 0 spiro atoms. The number of esters is 1. The van der Waals surface area contributed by atoms with Gasteiger partial charge in [0.1, 0.15) is 0 Å². The molecule has 0 N–H and O–H groups in total. The maximum Gasteiger partial charge on any atom is 0.480 e. The van der Waals surface area contributed by atoms with Crippen molar-refractivity contribution in [3.8, 4) is 0 Å². The molecule has 23 heavy (non-hydrogen) atoms. The number of hydrogen-bond acceptors (Lipinski definition) is 5. The fraction of sp³-hybridized carbons (Fsp3) is 0.533. The predicted molar refractivity (Wildman–Crippen MR) is 101 cm³/mol. The second-order valence-electron chi connectivity index (χ2n) is 6.18. The minimum Gasteiger partial charge on any atom is -0.463 e. The number of rotatable bonds is 12. The van der Waals surface area contributed by atoms with Crippen LogP contribution in [0.15, 0.2) is 37.2 Å². The Hall–Kier alpha value is -0.779. The van der Waals surface area contributed by atoms with Gasteiger partial charge >= 0.3 is 14.8 Å². The van der Waals surface area contributed by atoms with Crippen molar-refractivity contribution in [2.24, 2.45) is 0 Å². The highest BCUT2D eigenvalue weighted by atomic mass is 28.5. The Morgan fingerprint density at radius 3 is 1.83 bits per heavy atom. The molecule has 0 aliphatic heterocycles. The van der Waals surface area contributed by atoms with Crippen LogP contribution in [0.25, 0.3) is 0 Å². The summed E-state index contributed by atoms with van der Waals surface area (Å²) < 4.78 is 23.5. The van der Waals surface area contributed by atoms with Crippen LogP contribution >= 0.6 is 0 Å². The molecule has 0 saturated heterocycles. The molecule has 0 aromatic heterocycles. The van der Waals surface area contributed by atoms with Crippen molar-refractivity contribution in [2.75, 3.05) is 13.7 Å². The van der Waals surface area contributed by atoms with E-state index in [0.29, 0.717) is 12.5 Å². The summed E-state index contributed by atoms with van der Waals surface area (Å²) in [6.07, 6.45) is 1.75. The molecule has 0 atom stereocenters. The summed E-state index contributed by atoms with van der Waals surface area (Å²) in [6.45, 7) is 19.5. The zero-order valence-corrected chi connectivity index (χ0v) is 18.0. The third kappa shape index (κ3) is 8.58. The van der Waals surface area contributed by atoms with E-state index in [2.05, 4.69) is 19.7 Å². The van der Waals surface area contributed by atoms with Crippen molar-refractivity contribution in [3.63, 3.8) is 0 Å². The molecule has 0 bridgehead atoms. The van der Waals surface area contributed by atoms with Crippen molar-refractivity contribution in [1.82, 2.24) is 0 Å². The predicted octanol–water partition coefficient (Wildman–Crippen LogP) is 3.58. The summed E-state index contributed by atoms with van der Waals surface area (Å²) >= 11 is 0. The quantitative estimate of drug-likeness (QED) is 0.226. The lowest BCUT2D eigenvalue weighted by Gasteiger charge is -2.38. The van der Waals surface area contributed by atoms with E-state index >= 15 is 0 Å². The molecule has 0 amide bonds. The second-order valence-corrected chi connectivity index (χ2v) is 17.3. The van der Waals surface area contributed by atoms with Crippen LogP contribution in [0.4, 0.5) is 0 Å². The third-order valence-electron chi connectivity index (χ3n) is 3.17. The van der Waals surface area contributed by atoms with E-state index in [0.717, 1.165) is 6.08 Å². The molecule has 0 fully saturated rings. The Balaban J connectivity index is 5.09. The Bertz CT molecular complexity index is 413. The molecule has 8 heteroatoms. The van der Waals surface area contributed by atoms with E-state index in [1.807, 2.05) is 37.6 Å². The first kappa shape index (κ1) is 22.2. The van der Waals surface area contributed by atoms with Crippen LogP contribution in [0.3, 0.4) is 0 Å². The number of carbonyl (C=O) groups is 1. The van der Waals surface area contributed by atoms with Crippen molar-refractivity contribution in [2.45, 2.75) is 38.7 Å². The van der Waals surface area contributed by atoms with Gasteiger partial charge in [0, 0.05) is 19.2 Å². The first-order valence-electron chi connectivity index (χ1n) is 7.57. The van der Waals surface area contributed by atoms with Crippen molar-refractivity contribution in [1.29, 1.82) is 0 Å². The van der Waals surface area contributed by atoms with E-state index in [-0.39, 0.29) is 6.61 Å². The zero-order valence-electron chi connectivity index (χ0n) is 15.0. The summed E-state index contributed by atoms with van der Waals surface area (Å²) in [5.74, 6) is -0.432. The third-order valence-corrected chi connectivity index (χ3v) is 13.4. The van der Waals surface area contributed by atoms with Gasteiger partial charge in [0.2, 0.25) is 16.6 Å². The van der Waals surface area contributed by atoms with Gasteiger partial charge in [0.15, 0.2) is 0 Å². The lowest BCUT2D eigenvalue weighted by molar-refractivity contribution is -0.137. The van der Waals surface area contributed by atoms with Gasteiger partial charge in [0.05, 0.1) is 6.61 Å². The fourth-order valence-corrected chi connectivity index (χ4v) is 11.6. The fourth-order valence-electron chi connectivity index (χ4n) is 1.71. The minimum atomic E-state index is -2.90. The van der Waals surface area contributed by atoms with Crippen LogP contribution in [0.2, 0.25) is 32.2 Å². The van der Waals surface area contributed by atoms with Gasteiger partial charge in [-0.25, -0.2) is 4.79 Å². The van der Waals surface area contributed by atoms with E-state index < -0.39 is 31.4 Å². The Morgan fingerprint density at radius 1 is 1.00 bits per heavy atom. The molecule has 0 unspecified atom stereocenters. The SMILES string of the molecule is C=CC(=O)OCCC[Si](OC)(O[Si](C)(C)C=C)O[Si](C)(C)C=C. The largest absolute Gasteiger partial charge is 0.480 e. The highest BCUT2D eigenvalue weighted by Gasteiger charge is 2.47. The maximum atomic E-state index is 11.1. The molecule has 0 aromatic rings. The Kier molecular flexibility index (Phi) is 9.18. The van der Waals surface area contributed by atoms with Gasteiger partial charge < -0.3 is 17.4 Å². The van der Waals surface area contributed by atoms with Crippen molar-refractivity contribution in [3.05, 3.63) is 37.2 Å². The molecular formula is C15H30O5Si3. The summed E-state index contributed by atoms with van der Waals surface area (Å²) in [7, 11) is -5.48. The average molecular weight is 375 g/mol. The first-order valence-corrected chi connectivity index (χ1v) is 15.5. The summed E-state index contributed by atoms with van der Waals surface area (Å²) in [5, 5.41) is 0. The molecule has 0 heterocycles. The lowest BCUT2D eigenvalue weighted by Crippen LogP contribution is -2.57. The van der Waals surface area contributed by atoms with Crippen LogP contribution < -0.4 is 0 Å². The summed E-state index contributed by atoms with van der Waals surface area (Å²) in [5.41, 5.74) is 3.72. The zero-order chi connectivity index (χ0) is 18.1. The van der Waals surface area contributed by atoms with Gasteiger partial charge in [-0.05, 0) is 32.6 Å². The second kappa shape index (κ2) is 9.50. The van der Waals surface area contributed by atoms with E-state index in [1.165, 1.54) is 0 Å². The van der Waals surface area contributed by atoms with Crippen LogP contribution in [0.5, 0.6) is 0 Å². The highest BCUT2D eigenvalue weighted by molar-refractivity contribution is 6.89. The van der Waals surface area contributed by atoms with Crippen LogP contribution in [-0.2, 0) is 22.2 Å². The number of ether oxygens (including phenoxy) is 1. The normalized spacial score (nSPS) is 12.6. The van der Waals surface area contributed by atoms with E-state index in [9.17, 15) is 4.79 Å². The van der Waals surface area contributed by atoms with Crippen LogP contribution in [0, 0.1) is 0 Å². The van der Waals surface area contributed by atoms with E-state index in [4.69, 9.17) is 17.4 Å². The summed E-state index contributed by atoms with van der Waals surface area (Å²) in [6, 6.07) is 0.572. The molecule has 0 aliphatic rings. The molecular weight excluding hydrogens is 344 g/mol. The van der Waals surface area contributed by atoms with Gasteiger partial charge in [0.25, 0.3) is 0 Å². The molecule has 0 aliphatic carbocycles. The summed E-state index contributed by atoms with van der Waals surface area (Å²) in [4.78, 5) is 11.1. The molecule has 132 valence electrons. The van der Waals surface area contributed by atoms with Crippen LogP contribution in [0.1, 0.15) is 6.42 Å². The first-order chi connectivity index (χ1) is 10.6. The monoisotopic (exact) mass is 374 g/mol. The highest BCUT2D eigenvalue weighted by Crippen LogP contribution is 2.27. The molecule has 0 rings (SSSR count). The number of carbonyl (C=O) groups excluding carboxylic acids is 1. The Morgan fingerprint density at radius 2 is 1.48 bits per heavy atom. The molecule has 0 saturated carbocycles. The van der Waals surface area contributed by atoms with Crippen molar-refractivity contribution >= 4 is 31.4 Å². The Labute approximate surface area is 143 Å². The average Bonchev–Trinajstić information content (AvgIpc) is 2.50. The standard InChI is InChI=1S/C15H30O5Si3/c1-9-15(16)18-13-12-14-23(17-4,19-21(5,6)10-2)20-22(7,8)11-3/h9-11H,1-3,12-14H2,4-8H3. The van der Waals surface area contributed by atoms with Gasteiger partial charge in [-0.15, -0.1) is 13.2 Å². The molecule has 0 aromatic carbocycles. The molecule has 0 radical (unpaired) electrons. The smallest absolute Gasteiger partial charge is 0.463 e. The molecule has 5 nitrogen and oxygen atoms in total. The minimum absolute atomic E-state index is 0.280. The maximum absolute atomic E-state index is 11.1. The van der Waals surface area contributed by atoms with Crippen molar-refractivity contribution < 1.29 is 22.2 Å². The van der Waals surface area contributed by atoms with Gasteiger partial charge in [-0.2, -0.15) is 0 Å². The van der Waals surface area contributed by atoms with E-state index in [1.54, 1.807) is 7.11 Å². The topological polar surface area (TPSA) is 54.0 Å². The number of hydrogen-bond donors (Lipinski definition) is 0. The van der Waals surface area contributed by atoms with Crippen LogP contribution in [-0.4, -0.2) is 45.1 Å². The van der Waals surface area contributed by atoms with Gasteiger partial charge in [-0.3, -0.25) is 0 Å². The lowest BCUT2D eigenvalue weighted by atomic mass is 10.5. The van der Waals surface area contributed by atoms with Gasteiger partial charge in [-0.1, -0.05) is 18.0 Å².